The third-order valence-electron chi connectivity index (χ3n) is 3.72. The Hall–Kier alpha value is -2.57. The Morgan fingerprint density at radius 2 is 1.88 bits per heavy atom. The zero-order valence-corrected chi connectivity index (χ0v) is 15.2. The Kier molecular flexibility index (Phi) is 7.44. The van der Waals surface area contributed by atoms with Crippen molar-refractivity contribution in [2.24, 2.45) is 0 Å². The van der Waals surface area contributed by atoms with Crippen molar-refractivity contribution in [2.75, 3.05) is 0 Å². The van der Waals surface area contributed by atoms with E-state index in [9.17, 15) is 0 Å². The van der Waals surface area contributed by atoms with Crippen molar-refractivity contribution in [3.05, 3.63) is 98.5 Å². The van der Waals surface area contributed by atoms with Crippen LogP contribution in [0.15, 0.2) is 67.3 Å². The molecule has 1 heterocycles. The zero-order valence-electron chi connectivity index (χ0n) is 13.7. The van der Waals surface area contributed by atoms with Gasteiger partial charge in [0.2, 0.25) is 0 Å². The van der Waals surface area contributed by atoms with Crippen molar-refractivity contribution in [1.29, 1.82) is 0 Å². The highest BCUT2D eigenvalue weighted by Gasteiger charge is 2.16. The molecule has 3 rings (SSSR count). The molecule has 0 aliphatic carbocycles. The maximum Gasteiger partial charge on any atom is 0.291 e. The number of imidazole rings is 1. The molecule has 2 aromatic carbocycles. The van der Waals surface area contributed by atoms with E-state index in [1.54, 1.807) is 6.20 Å². The zero-order chi connectivity index (χ0) is 18.9. The Balaban J connectivity index is 0.000000552. The molecule has 1 N–H and O–H groups in total. The fourth-order valence-corrected chi connectivity index (χ4v) is 3.22. The van der Waals surface area contributed by atoms with Gasteiger partial charge >= 0.3 is 0 Å². The van der Waals surface area contributed by atoms with E-state index in [0.717, 1.165) is 18.5 Å². The molecule has 136 valence electrons. The van der Waals surface area contributed by atoms with Crippen LogP contribution in [0.25, 0.3) is 0 Å². The molecule has 0 fully saturated rings. The lowest BCUT2D eigenvalue weighted by atomic mass is 9.91. The molecule has 26 heavy (non-hydrogen) atoms. The molecule has 0 spiro atoms. The highest BCUT2D eigenvalue weighted by atomic mass is 35.5. The van der Waals surface area contributed by atoms with Crippen LogP contribution in [0.5, 0.6) is 0 Å². The summed E-state index contributed by atoms with van der Waals surface area (Å²) < 4.78 is 2.08. The van der Waals surface area contributed by atoms with Crippen LogP contribution in [0.1, 0.15) is 17.0 Å². The summed E-state index contributed by atoms with van der Waals surface area (Å²) in [5.74, 6) is 0.265. The van der Waals surface area contributed by atoms with Gasteiger partial charge in [-0.1, -0.05) is 59.6 Å². The standard InChI is InChI=1S/C18H16Cl2N2.HNO3/c19-16-6-7-17(18(20)11-16)15(12-22-9-8-21-13-22)10-14-4-2-1-3-5-14;2-1(3)4/h1-9,11,13,15H,10,12H2;(H,2,3,4). The fraction of sp³-hybridized carbons (Fsp3) is 0.167. The number of hydrogen-bond acceptors (Lipinski definition) is 3. The van der Waals surface area contributed by atoms with Gasteiger partial charge in [-0.05, 0) is 29.7 Å². The molecule has 8 heteroatoms. The Morgan fingerprint density at radius 1 is 1.19 bits per heavy atom. The van der Waals surface area contributed by atoms with Gasteiger partial charge in [0.25, 0.3) is 5.09 Å². The maximum absolute atomic E-state index is 8.36. The average Bonchev–Trinajstić information content (AvgIpc) is 3.08. The second kappa shape index (κ2) is 9.79. The number of hydrogen-bond donors (Lipinski definition) is 1. The van der Waals surface area contributed by atoms with Gasteiger partial charge in [-0.15, -0.1) is 10.1 Å². The highest BCUT2D eigenvalue weighted by Crippen LogP contribution is 2.31. The number of nitrogens with zero attached hydrogens (tertiary/aromatic N) is 3. The number of aromatic nitrogens is 2. The van der Waals surface area contributed by atoms with Crippen molar-refractivity contribution >= 4 is 23.2 Å². The quantitative estimate of drug-likeness (QED) is 0.495. The lowest BCUT2D eigenvalue weighted by Crippen LogP contribution is -2.11. The van der Waals surface area contributed by atoms with Crippen LogP contribution in [-0.2, 0) is 13.0 Å². The minimum atomic E-state index is -1.50. The summed E-state index contributed by atoms with van der Waals surface area (Å²) in [5, 5.41) is 15.0. The van der Waals surface area contributed by atoms with Crippen molar-refractivity contribution in [3.63, 3.8) is 0 Å². The largest absolute Gasteiger partial charge is 0.337 e. The van der Waals surface area contributed by atoms with Crippen molar-refractivity contribution < 1.29 is 10.3 Å². The van der Waals surface area contributed by atoms with Crippen LogP contribution in [-0.4, -0.2) is 19.8 Å². The first-order chi connectivity index (χ1) is 12.5. The van der Waals surface area contributed by atoms with E-state index in [1.807, 2.05) is 36.8 Å². The Labute approximate surface area is 160 Å². The first kappa shape index (κ1) is 19.8. The van der Waals surface area contributed by atoms with Gasteiger partial charge in [-0.2, -0.15) is 0 Å². The first-order valence-electron chi connectivity index (χ1n) is 7.73. The molecule has 1 unspecified atom stereocenters. The highest BCUT2D eigenvalue weighted by molar-refractivity contribution is 6.35. The van der Waals surface area contributed by atoms with Gasteiger partial charge in [0.05, 0.1) is 6.33 Å². The molecular formula is C18H17Cl2N3O3. The molecule has 0 radical (unpaired) electrons. The van der Waals surface area contributed by atoms with Gasteiger partial charge < -0.3 is 9.77 Å². The molecule has 0 saturated heterocycles. The number of halogens is 2. The molecule has 6 nitrogen and oxygen atoms in total. The second-order valence-corrected chi connectivity index (χ2v) is 6.39. The summed E-state index contributed by atoms with van der Waals surface area (Å²) in [6, 6.07) is 16.2. The maximum atomic E-state index is 8.36. The smallest absolute Gasteiger partial charge is 0.291 e. The van der Waals surface area contributed by atoms with Gasteiger partial charge in [0.15, 0.2) is 0 Å². The van der Waals surface area contributed by atoms with Gasteiger partial charge in [0, 0.05) is 34.9 Å². The van der Waals surface area contributed by atoms with Crippen LogP contribution in [0.2, 0.25) is 10.0 Å². The lowest BCUT2D eigenvalue weighted by Gasteiger charge is -2.20. The molecule has 0 bridgehead atoms. The van der Waals surface area contributed by atoms with Gasteiger partial charge in [-0.25, -0.2) is 4.98 Å². The molecule has 0 aliphatic heterocycles. The number of rotatable bonds is 5. The van der Waals surface area contributed by atoms with E-state index < -0.39 is 5.09 Å². The van der Waals surface area contributed by atoms with Crippen molar-refractivity contribution in [2.45, 2.75) is 18.9 Å². The van der Waals surface area contributed by atoms with Crippen LogP contribution in [0, 0.1) is 10.1 Å². The van der Waals surface area contributed by atoms with E-state index in [-0.39, 0.29) is 5.92 Å². The summed E-state index contributed by atoms with van der Waals surface area (Å²) in [5.41, 5.74) is 2.40. The minimum Gasteiger partial charge on any atom is -0.337 e. The van der Waals surface area contributed by atoms with E-state index >= 15 is 0 Å². The van der Waals surface area contributed by atoms with E-state index in [0.29, 0.717) is 10.0 Å². The van der Waals surface area contributed by atoms with E-state index in [1.165, 1.54) is 5.56 Å². The third kappa shape index (κ3) is 6.38. The van der Waals surface area contributed by atoms with Crippen LogP contribution >= 0.6 is 23.2 Å². The minimum absolute atomic E-state index is 0.265. The van der Waals surface area contributed by atoms with E-state index in [2.05, 4.69) is 33.8 Å². The van der Waals surface area contributed by atoms with Crippen LogP contribution in [0.3, 0.4) is 0 Å². The molecule has 1 aromatic heterocycles. The predicted octanol–water partition coefficient (Wildman–Crippen LogP) is 4.87. The van der Waals surface area contributed by atoms with Gasteiger partial charge in [0.1, 0.15) is 0 Å². The Bertz CT molecular complexity index is 823. The normalized spacial score (nSPS) is 11.3. The summed E-state index contributed by atoms with van der Waals surface area (Å²) in [4.78, 5) is 12.5. The van der Waals surface area contributed by atoms with Crippen LogP contribution in [0.4, 0.5) is 0 Å². The molecule has 3 aromatic rings. The molecular weight excluding hydrogens is 377 g/mol. The molecule has 0 saturated carbocycles. The second-order valence-electron chi connectivity index (χ2n) is 5.55. The fourth-order valence-electron chi connectivity index (χ4n) is 2.65. The molecule has 0 amide bonds. The van der Waals surface area contributed by atoms with Crippen molar-refractivity contribution in [3.8, 4) is 0 Å². The van der Waals surface area contributed by atoms with E-state index in [4.69, 9.17) is 38.5 Å². The Morgan fingerprint density at radius 3 is 2.46 bits per heavy atom. The van der Waals surface area contributed by atoms with Crippen molar-refractivity contribution in [1.82, 2.24) is 9.55 Å². The topological polar surface area (TPSA) is 81.2 Å². The summed E-state index contributed by atoms with van der Waals surface area (Å²) in [6.07, 6.45) is 6.52. The lowest BCUT2D eigenvalue weighted by molar-refractivity contribution is -0.742. The average molecular weight is 394 g/mol. The first-order valence-corrected chi connectivity index (χ1v) is 8.49. The predicted molar refractivity (Wildman–Crippen MR) is 100 cm³/mol. The molecule has 1 atom stereocenters. The van der Waals surface area contributed by atoms with Crippen LogP contribution < -0.4 is 0 Å². The SMILES string of the molecule is Clc1ccc(C(Cc2ccccc2)Cn2ccnc2)c(Cl)c1.O=[N+]([O-])O. The molecule has 0 aliphatic rings. The summed E-state index contributed by atoms with van der Waals surface area (Å²) >= 11 is 12.4. The number of benzene rings is 2. The monoisotopic (exact) mass is 393 g/mol. The summed E-state index contributed by atoms with van der Waals surface area (Å²) in [6.45, 7) is 0.830. The summed E-state index contributed by atoms with van der Waals surface area (Å²) in [7, 11) is 0. The third-order valence-corrected chi connectivity index (χ3v) is 4.28. The van der Waals surface area contributed by atoms with Gasteiger partial charge in [-0.3, -0.25) is 0 Å².